The lowest BCUT2D eigenvalue weighted by atomic mass is 10.2. The van der Waals surface area contributed by atoms with E-state index in [1.807, 2.05) is 24.4 Å². The standard InChI is InChI=1S/C10H8N4/c11-5-4-9-2-3-10(12-8-9)14-7-1-6-13-14/h1-3,6-8H,4H2. The van der Waals surface area contributed by atoms with Gasteiger partial charge < -0.3 is 0 Å². The molecule has 0 aliphatic carbocycles. The molecule has 0 aliphatic rings. The van der Waals surface area contributed by atoms with Crippen molar-refractivity contribution in [3.8, 4) is 11.9 Å². The van der Waals surface area contributed by atoms with Gasteiger partial charge >= 0.3 is 0 Å². The second-order valence-electron chi connectivity index (χ2n) is 2.81. The van der Waals surface area contributed by atoms with Gasteiger partial charge in [0.05, 0.1) is 12.5 Å². The lowest BCUT2D eigenvalue weighted by Gasteiger charge is -1.99. The maximum Gasteiger partial charge on any atom is 0.153 e. The van der Waals surface area contributed by atoms with Gasteiger partial charge in [0.1, 0.15) is 0 Å². The summed E-state index contributed by atoms with van der Waals surface area (Å²) in [5.41, 5.74) is 0.920. The summed E-state index contributed by atoms with van der Waals surface area (Å²) >= 11 is 0. The molecule has 0 amide bonds. The van der Waals surface area contributed by atoms with Crippen LogP contribution in [0.1, 0.15) is 5.56 Å². The van der Waals surface area contributed by atoms with Gasteiger partial charge in [-0.15, -0.1) is 0 Å². The average Bonchev–Trinajstić information content (AvgIpc) is 2.72. The third kappa shape index (κ3) is 1.62. The molecular weight excluding hydrogens is 176 g/mol. The smallest absolute Gasteiger partial charge is 0.153 e. The van der Waals surface area contributed by atoms with Gasteiger partial charge in [0.25, 0.3) is 0 Å². The van der Waals surface area contributed by atoms with Crippen molar-refractivity contribution in [2.24, 2.45) is 0 Å². The van der Waals surface area contributed by atoms with Crippen LogP contribution in [0.15, 0.2) is 36.8 Å². The van der Waals surface area contributed by atoms with Crippen molar-refractivity contribution in [3.05, 3.63) is 42.4 Å². The fraction of sp³-hybridized carbons (Fsp3) is 0.100. The van der Waals surface area contributed by atoms with Crippen LogP contribution in [0.5, 0.6) is 0 Å². The van der Waals surface area contributed by atoms with E-state index >= 15 is 0 Å². The number of nitrogens with zero attached hydrogens (tertiary/aromatic N) is 4. The molecule has 4 heteroatoms. The number of pyridine rings is 1. The van der Waals surface area contributed by atoms with Crippen LogP contribution in [0.2, 0.25) is 0 Å². The van der Waals surface area contributed by atoms with Gasteiger partial charge in [-0.1, -0.05) is 6.07 Å². The van der Waals surface area contributed by atoms with Crippen molar-refractivity contribution in [2.75, 3.05) is 0 Å². The molecule has 0 aliphatic heterocycles. The van der Waals surface area contributed by atoms with Gasteiger partial charge in [0.15, 0.2) is 5.82 Å². The van der Waals surface area contributed by atoms with E-state index in [9.17, 15) is 0 Å². The molecular formula is C10H8N4. The summed E-state index contributed by atoms with van der Waals surface area (Å²) in [4.78, 5) is 4.19. The van der Waals surface area contributed by atoms with Crippen molar-refractivity contribution in [2.45, 2.75) is 6.42 Å². The topological polar surface area (TPSA) is 54.5 Å². The molecule has 68 valence electrons. The van der Waals surface area contributed by atoms with Crippen LogP contribution in [-0.2, 0) is 6.42 Å². The third-order valence-electron chi connectivity index (χ3n) is 1.83. The number of hydrogen-bond donors (Lipinski definition) is 0. The summed E-state index contributed by atoms with van der Waals surface area (Å²) < 4.78 is 1.68. The molecule has 0 fully saturated rings. The Labute approximate surface area is 81.4 Å². The molecule has 2 rings (SSSR count). The third-order valence-corrected chi connectivity index (χ3v) is 1.83. The highest BCUT2D eigenvalue weighted by atomic mass is 15.3. The molecule has 2 aromatic rings. The molecule has 0 atom stereocenters. The highest BCUT2D eigenvalue weighted by Gasteiger charge is 1.97. The number of rotatable bonds is 2. The quantitative estimate of drug-likeness (QED) is 0.707. The van der Waals surface area contributed by atoms with Crippen molar-refractivity contribution in [1.29, 1.82) is 5.26 Å². The Kier molecular flexibility index (Phi) is 2.24. The summed E-state index contributed by atoms with van der Waals surface area (Å²) in [7, 11) is 0. The summed E-state index contributed by atoms with van der Waals surface area (Å²) in [5.74, 6) is 0.761. The second-order valence-corrected chi connectivity index (χ2v) is 2.81. The van der Waals surface area contributed by atoms with Crippen LogP contribution in [0.25, 0.3) is 5.82 Å². The maximum absolute atomic E-state index is 8.48. The second kappa shape index (κ2) is 3.71. The molecule has 0 bridgehead atoms. The van der Waals surface area contributed by atoms with E-state index < -0.39 is 0 Å². The van der Waals surface area contributed by atoms with Crippen LogP contribution in [-0.4, -0.2) is 14.8 Å². The van der Waals surface area contributed by atoms with Gasteiger partial charge in [-0.2, -0.15) is 10.4 Å². The Morgan fingerprint density at radius 3 is 2.93 bits per heavy atom. The normalized spacial score (nSPS) is 9.64. The number of aromatic nitrogens is 3. The first-order valence-corrected chi connectivity index (χ1v) is 4.22. The lowest BCUT2D eigenvalue weighted by molar-refractivity contribution is 0.844. The molecule has 0 radical (unpaired) electrons. The van der Waals surface area contributed by atoms with E-state index in [-0.39, 0.29) is 0 Å². The van der Waals surface area contributed by atoms with Crippen molar-refractivity contribution < 1.29 is 0 Å². The molecule has 0 saturated heterocycles. The molecule has 0 unspecified atom stereocenters. The minimum atomic E-state index is 0.395. The summed E-state index contributed by atoms with van der Waals surface area (Å²) in [6, 6.07) is 7.64. The molecule has 0 spiro atoms. The molecule has 0 aromatic carbocycles. The zero-order valence-electron chi connectivity index (χ0n) is 7.46. The molecule has 4 nitrogen and oxygen atoms in total. The Bertz CT molecular complexity index is 436. The predicted octanol–water partition coefficient (Wildman–Crippen LogP) is 1.33. The monoisotopic (exact) mass is 184 g/mol. The van der Waals surface area contributed by atoms with Crippen LogP contribution >= 0.6 is 0 Å². The van der Waals surface area contributed by atoms with Gasteiger partial charge in [0, 0.05) is 18.6 Å². The maximum atomic E-state index is 8.48. The SMILES string of the molecule is N#CCc1ccc(-n2cccn2)nc1. The molecule has 14 heavy (non-hydrogen) atoms. The summed E-state index contributed by atoms with van der Waals surface area (Å²) in [6.07, 6.45) is 5.61. The highest BCUT2D eigenvalue weighted by Crippen LogP contribution is 2.04. The Balaban J connectivity index is 2.27. The van der Waals surface area contributed by atoms with E-state index in [4.69, 9.17) is 5.26 Å². The summed E-state index contributed by atoms with van der Waals surface area (Å²) in [6.45, 7) is 0. The molecule has 2 heterocycles. The first kappa shape index (κ1) is 8.45. The van der Waals surface area contributed by atoms with Crippen LogP contribution in [0, 0.1) is 11.3 Å². The molecule has 0 saturated carbocycles. The van der Waals surface area contributed by atoms with Gasteiger partial charge in [-0.3, -0.25) is 0 Å². The minimum Gasteiger partial charge on any atom is -0.237 e. The first-order valence-electron chi connectivity index (χ1n) is 4.22. The Morgan fingerprint density at radius 2 is 2.36 bits per heavy atom. The van der Waals surface area contributed by atoms with Crippen molar-refractivity contribution in [1.82, 2.24) is 14.8 Å². The van der Waals surface area contributed by atoms with Crippen molar-refractivity contribution >= 4 is 0 Å². The van der Waals surface area contributed by atoms with Crippen LogP contribution < -0.4 is 0 Å². The van der Waals surface area contributed by atoms with Crippen LogP contribution in [0.3, 0.4) is 0 Å². The lowest BCUT2D eigenvalue weighted by Crippen LogP contribution is -1.97. The van der Waals surface area contributed by atoms with Gasteiger partial charge in [-0.25, -0.2) is 9.67 Å². The predicted molar refractivity (Wildman–Crippen MR) is 50.7 cm³/mol. The van der Waals surface area contributed by atoms with E-state index in [2.05, 4.69) is 16.2 Å². The number of nitriles is 1. The zero-order chi connectivity index (χ0) is 9.80. The van der Waals surface area contributed by atoms with Gasteiger partial charge in [-0.05, 0) is 17.7 Å². The Hall–Kier alpha value is -2.15. The first-order chi connectivity index (χ1) is 6.90. The van der Waals surface area contributed by atoms with Crippen molar-refractivity contribution in [3.63, 3.8) is 0 Å². The number of hydrogen-bond acceptors (Lipinski definition) is 3. The fourth-order valence-electron chi connectivity index (χ4n) is 1.15. The Morgan fingerprint density at radius 1 is 1.43 bits per heavy atom. The van der Waals surface area contributed by atoms with E-state index in [1.54, 1.807) is 17.1 Å². The minimum absolute atomic E-state index is 0.395. The van der Waals surface area contributed by atoms with Crippen LogP contribution in [0.4, 0.5) is 0 Å². The zero-order valence-corrected chi connectivity index (χ0v) is 7.46. The van der Waals surface area contributed by atoms with E-state index in [0.717, 1.165) is 11.4 Å². The largest absolute Gasteiger partial charge is 0.237 e. The fourth-order valence-corrected chi connectivity index (χ4v) is 1.15. The highest BCUT2D eigenvalue weighted by molar-refractivity contribution is 5.25. The van der Waals surface area contributed by atoms with E-state index in [1.165, 1.54) is 0 Å². The van der Waals surface area contributed by atoms with E-state index in [0.29, 0.717) is 6.42 Å². The average molecular weight is 184 g/mol. The summed E-state index contributed by atoms with van der Waals surface area (Å²) in [5, 5.41) is 12.5. The van der Waals surface area contributed by atoms with Gasteiger partial charge in [0.2, 0.25) is 0 Å². The molecule has 0 N–H and O–H groups in total. The molecule has 2 aromatic heterocycles.